The number of aliphatic imine (C=N–C) groups is 1. The largest absolute Gasteiger partial charge is 0.235 e. The van der Waals surface area contributed by atoms with Gasteiger partial charge >= 0.3 is 0 Å². The minimum atomic E-state index is -0.0838. The second-order valence-corrected chi connectivity index (χ2v) is 3.69. The Bertz CT molecular complexity index is 301. The molecule has 0 radical (unpaired) electrons. The third kappa shape index (κ3) is 2.43. The Hall–Kier alpha value is -0.670. The maximum Gasteiger partial charge on any atom is 0.235 e. The fourth-order valence-electron chi connectivity index (χ4n) is 0.895. The molecule has 62 valence electrons. The molecule has 1 unspecified atom stereocenters. The number of isocyanates is 1. The SMILES string of the molecule is CC(N=C=O)c1ccc(I)cc1. The Morgan fingerprint density at radius 3 is 2.50 bits per heavy atom. The topological polar surface area (TPSA) is 29.4 Å². The molecule has 1 atom stereocenters. The maximum atomic E-state index is 9.96. The molecule has 0 saturated heterocycles. The van der Waals surface area contributed by atoms with Gasteiger partial charge in [0.2, 0.25) is 6.08 Å². The lowest BCUT2D eigenvalue weighted by Gasteiger charge is -2.02. The number of rotatable bonds is 2. The van der Waals surface area contributed by atoms with E-state index in [1.165, 1.54) is 3.57 Å². The van der Waals surface area contributed by atoms with Crippen molar-refractivity contribution in [2.75, 3.05) is 0 Å². The Morgan fingerprint density at radius 1 is 1.42 bits per heavy atom. The van der Waals surface area contributed by atoms with Gasteiger partial charge in [0.25, 0.3) is 0 Å². The molecular formula is C9H8INO. The zero-order valence-corrected chi connectivity index (χ0v) is 8.78. The molecule has 0 aliphatic carbocycles. The van der Waals surface area contributed by atoms with E-state index in [1.54, 1.807) is 6.08 Å². The quantitative estimate of drug-likeness (QED) is 0.463. The molecule has 0 amide bonds. The minimum absolute atomic E-state index is 0.0838. The summed E-state index contributed by atoms with van der Waals surface area (Å²) in [4.78, 5) is 13.6. The van der Waals surface area contributed by atoms with Crippen LogP contribution in [0.4, 0.5) is 0 Å². The van der Waals surface area contributed by atoms with Gasteiger partial charge in [-0.25, -0.2) is 4.79 Å². The minimum Gasteiger partial charge on any atom is -0.211 e. The second-order valence-electron chi connectivity index (χ2n) is 2.45. The third-order valence-corrected chi connectivity index (χ3v) is 2.32. The molecule has 0 N–H and O–H groups in total. The van der Waals surface area contributed by atoms with E-state index in [9.17, 15) is 4.79 Å². The summed E-state index contributed by atoms with van der Waals surface area (Å²) in [5, 5.41) is 0. The lowest BCUT2D eigenvalue weighted by Crippen LogP contribution is -1.88. The van der Waals surface area contributed by atoms with E-state index >= 15 is 0 Å². The second kappa shape index (κ2) is 4.38. The molecule has 0 heterocycles. The van der Waals surface area contributed by atoms with Gasteiger partial charge in [-0.05, 0) is 47.2 Å². The summed E-state index contributed by atoms with van der Waals surface area (Å²) in [7, 11) is 0. The highest BCUT2D eigenvalue weighted by Crippen LogP contribution is 2.16. The van der Waals surface area contributed by atoms with Crippen LogP contribution in [0.1, 0.15) is 18.5 Å². The number of halogens is 1. The van der Waals surface area contributed by atoms with Crippen molar-refractivity contribution < 1.29 is 4.79 Å². The molecule has 1 aromatic rings. The summed E-state index contributed by atoms with van der Waals surface area (Å²) in [6.45, 7) is 1.87. The van der Waals surface area contributed by atoms with Crippen LogP contribution in [0, 0.1) is 3.57 Å². The zero-order chi connectivity index (χ0) is 8.97. The average molecular weight is 273 g/mol. The van der Waals surface area contributed by atoms with Crippen molar-refractivity contribution in [2.45, 2.75) is 13.0 Å². The molecule has 3 heteroatoms. The lowest BCUT2D eigenvalue weighted by molar-refractivity contribution is 0.559. The van der Waals surface area contributed by atoms with Crippen molar-refractivity contribution >= 4 is 28.7 Å². The molecular weight excluding hydrogens is 265 g/mol. The van der Waals surface area contributed by atoms with Crippen molar-refractivity contribution in [2.24, 2.45) is 4.99 Å². The number of hydrogen-bond acceptors (Lipinski definition) is 2. The van der Waals surface area contributed by atoms with E-state index in [0.29, 0.717) is 0 Å². The number of nitrogens with zero attached hydrogens (tertiary/aromatic N) is 1. The first-order valence-corrected chi connectivity index (χ1v) is 4.64. The van der Waals surface area contributed by atoms with Crippen molar-refractivity contribution in [1.29, 1.82) is 0 Å². The first-order valence-electron chi connectivity index (χ1n) is 3.56. The Morgan fingerprint density at radius 2 is 2.00 bits per heavy atom. The van der Waals surface area contributed by atoms with Crippen LogP contribution in [0.2, 0.25) is 0 Å². The van der Waals surface area contributed by atoms with E-state index in [1.807, 2.05) is 31.2 Å². The van der Waals surface area contributed by atoms with Crippen LogP contribution >= 0.6 is 22.6 Å². The lowest BCUT2D eigenvalue weighted by atomic mass is 10.1. The van der Waals surface area contributed by atoms with E-state index < -0.39 is 0 Å². The van der Waals surface area contributed by atoms with Gasteiger partial charge in [-0.2, -0.15) is 4.99 Å². The van der Waals surface area contributed by atoms with E-state index in [2.05, 4.69) is 27.6 Å². The van der Waals surface area contributed by atoms with Crippen molar-refractivity contribution in [3.05, 3.63) is 33.4 Å². The normalized spacial score (nSPS) is 11.8. The van der Waals surface area contributed by atoms with Crippen molar-refractivity contribution in [3.63, 3.8) is 0 Å². The fraction of sp³-hybridized carbons (Fsp3) is 0.222. The highest BCUT2D eigenvalue weighted by Gasteiger charge is 2.01. The van der Waals surface area contributed by atoms with E-state index in [0.717, 1.165) is 5.56 Å². The summed E-state index contributed by atoms with van der Waals surface area (Å²) in [6, 6.07) is 7.83. The van der Waals surface area contributed by atoms with Crippen LogP contribution in [0.5, 0.6) is 0 Å². The van der Waals surface area contributed by atoms with Gasteiger partial charge in [0.05, 0.1) is 6.04 Å². The first-order chi connectivity index (χ1) is 5.74. The molecule has 0 bridgehead atoms. The number of hydrogen-bond donors (Lipinski definition) is 0. The smallest absolute Gasteiger partial charge is 0.211 e. The molecule has 0 saturated carbocycles. The average Bonchev–Trinajstić information content (AvgIpc) is 2.06. The molecule has 0 aromatic heterocycles. The summed E-state index contributed by atoms with van der Waals surface area (Å²) in [5.41, 5.74) is 1.04. The van der Waals surface area contributed by atoms with E-state index in [4.69, 9.17) is 0 Å². The highest BCUT2D eigenvalue weighted by molar-refractivity contribution is 14.1. The van der Waals surface area contributed by atoms with Crippen molar-refractivity contribution in [1.82, 2.24) is 0 Å². The molecule has 1 aromatic carbocycles. The third-order valence-electron chi connectivity index (χ3n) is 1.60. The summed E-state index contributed by atoms with van der Waals surface area (Å²) >= 11 is 2.23. The van der Waals surface area contributed by atoms with Gasteiger partial charge in [0.1, 0.15) is 0 Å². The molecule has 0 aliphatic rings. The Balaban J connectivity index is 2.89. The van der Waals surface area contributed by atoms with Crippen LogP contribution in [-0.4, -0.2) is 6.08 Å². The molecule has 12 heavy (non-hydrogen) atoms. The van der Waals surface area contributed by atoms with Crippen LogP contribution in [-0.2, 0) is 4.79 Å². The van der Waals surface area contributed by atoms with Crippen LogP contribution < -0.4 is 0 Å². The Labute approximate surface area is 84.8 Å². The summed E-state index contributed by atoms with van der Waals surface area (Å²) in [6.07, 6.45) is 1.55. The van der Waals surface area contributed by atoms with Gasteiger partial charge in [-0.3, -0.25) is 0 Å². The van der Waals surface area contributed by atoms with Crippen LogP contribution in [0.15, 0.2) is 29.3 Å². The maximum absolute atomic E-state index is 9.96. The first kappa shape index (κ1) is 9.42. The number of benzene rings is 1. The molecule has 2 nitrogen and oxygen atoms in total. The van der Waals surface area contributed by atoms with Crippen LogP contribution in [0.3, 0.4) is 0 Å². The standard InChI is InChI=1S/C9H8INO/c1-7(11-6-12)8-2-4-9(10)5-3-8/h2-5,7H,1H3. The molecule has 1 rings (SSSR count). The van der Waals surface area contributed by atoms with Gasteiger partial charge in [0, 0.05) is 3.57 Å². The number of carbonyl (C=O) groups excluding carboxylic acids is 1. The van der Waals surface area contributed by atoms with Gasteiger partial charge in [-0.15, -0.1) is 0 Å². The van der Waals surface area contributed by atoms with Gasteiger partial charge < -0.3 is 0 Å². The summed E-state index contributed by atoms with van der Waals surface area (Å²) in [5.74, 6) is 0. The molecule has 0 aliphatic heterocycles. The van der Waals surface area contributed by atoms with Crippen molar-refractivity contribution in [3.8, 4) is 0 Å². The van der Waals surface area contributed by atoms with Crippen LogP contribution in [0.25, 0.3) is 0 Å². The van der Waals surface area contributed by atoms with Gasteiger partial charge in [-0.1, -0.05) is 12.1 Å². The summed E-state index contributed by atoms with van der Waals surface area (Å²) < 4.78 is 1.18. The molecule has 0 spiro atoms. The molecule has 0 fully saturated rings. The predicted molar refractivity (Wildman–Crippen MR) is 55.7 cm³/mol. The predicted octanol–water partition coefficient (Wildman–Crippen LogP) is 2.69. The fourth-order valence-corrected chi connectivity index (χ4v) is 1.25. The van der Waals surface area contributed by atoms with Gasteiger partial charge in [0.15, 0.2) is 0 Å². The zero-order valence-electron chi connectivity index (χ0n) is 6.62. The highest BCUT2D eigenvalue weighted by atomic mass is 127. The monoisotopic (exact) mass is 273 g/mol. The Kier molecular flexibility index (Phi) is 3.44. The van der Waals surface area contributed by atoms with E-state index in [-0.39, 0.29) is 6.04 Å².